The van der Waals surface area contributed by atoms with Gasteiger partial charge in [-0.2, -0.15) is 5.26 Å². The molecule has 61 valence electrons. The van der Waals surface area contributed by atoms with Crippen LogP contribution in [-0.2, 0) is 4.79 Å². The van der Waals surface area contributed by atoms with Crippen LogP contribution in [0.15, 0.2) is 0 Å². The van der Waals surface area contributed by atoms with Crippen molar-refractivity contribution in [2.75, 3.05) is 6.54 Å². The molecule has 1 saturated heterocycles. The number of nitrogens with zero attached hydrogens (tertiary/aromatic N) is 2. The predicted octanol–water partition coefficient (Wildman–Crippen LogP) is 0.530. The van der Waals surface area contributed by atoms with Crippen molar-refractivity contribution in [1.82, 2.24) is 4.90 Å². The van der Waals surface area contributed by atoms with Crippen molar-refractivity contribution in [3.63, 3.8) is 0 Å². The molecule has 1 aliphatic rings. The Hall–Kier alpha value is -0.0400. The molecular formula is C8H12N2NaO. The first-order valence-corrected chi connectivity index (χ1v) is 3.92. The molecule has 1 amide bonds. The fourth-order valence-electron chi connectivity index (χ4n) is 1.44. The summed E-state index contributed by atoms with van der Waals surface area (Å²) >= 11 is 0. The van der Waals surface area contributed by atoms with Crippen LogP contribution in [0.3, 0.4) is 0 Å². The van der Waals surface area contributed by atoms with Crippen molar-refractivity contribution in [1.29, 1.82) is 5.26 Å². The van der Waals surface area contributed by atoms with Crippen LogP contribution in [0.2, 0.25) is 0 Å². The van der Waals surface area contributed by atoms with Gasteiger partial charge in [0.15, 0.2) is 0 Å². The molecule has 0 aliphatic carbocycles. The van der Waals surface area contributed by atoms with Crippen molar-refractivity contribution in [2.24, 2.45) is 0 Å². The summed E-state index contributed by atoms with van der Waals surface area (Å²) in [6.45, 7) is 2.28. The molecule has 0 spiro atoms. The monoisotopic (exact) mass is 175 g/mol. The fraction of sp³-hybridized carbons (Fsp3) is 0.750. The SMILES string of the molecule is CC(=O)N1CCCCC1C#N.[Na]. The van der Waals surface area contributed by atoms with Gasteiger partial charge in [-0.3, -0.25) is 4.79 Å². The smallest absolute Gasteiger partial charge is 0.220 e. The summed E-state index contributed by atoms with van der Waals surface area (Å²) in [5.74, 6) is 0.0243. The van der Waals surface area contributed by atoms with E-state index >= 15 is 0 Å². The van der Waals surface area contributed by atoms with Gasteiger partial charge in [-0.05, 0) is 19.3 Å². The maximum absolute atomic E-state index is 10.9. The molecule has 12 heavy (non-hydrogen) atoms. The third kappa shape index (κ3) is 2.78. The number of rotatable bonds is 0. The summed E-state index contributed by atoms with van der Waals surface area (Å²) < 4.78 is 0. The van der Waals surface area contributed by atoms with E-state index in [1.54, 1.807) is 4.90 Å². The Morgan fingerprint density at radius 1 is 1.58 bits per heavy atom. The van der Waals surface area contributed by atoms with E-state index in [4.69, 9.17) is 5.26 Å². The molecule has 1 fully saturated rings. The van der Waals surface area contributed by atoms with Gasteiger partial charge in [-0.25, -0.2) is 0 Å². The first-order chi connectivity index (χ1) is 5.25. The van der Waals surface area contributed by atoms with Crippen LogP contribution in [0.25, 0.3) is 0 Å². The molecule has 0 aromatic heterocycles. The number of hydrogen-bond acceptors (Lipinski definition) is 2. The standard InChI is InChI=1S/C8H12N2O.Na/c1-7(11)10-5-3-2-4-8(10)6-9;/h8H,2-5H2,1H3;. The van der Waals surface area contributed by atoms with Gasteiger partial charge in [-0.1, -0.05) is 0 Å². The summed E-state index contributed by atoms with van der Waals surface area (Å²) in [6.07, 6.45) is 2.95. The van der Waals surface area contributed by atoms with Crippen LogP contribution < -0.4 is 0 Å². The van der Waals surface area contributed by atoms with Gasteiger partial charge >= 0.3 is 0 Å². The second-order valence-electron chi connectivity index (χ2n) is 2.85. The molecule has 1 aliphatic heterocycles. The van der Waals surface area contributed by atoms with Gasteiger partial charge in [0.1, 0.15) is 6.04 Å². The maximum Gasteiger partial charge on any atom is 0.220 e. The molecule has 3 nitrogen and oxygen atoms in total. The third-order valence-electron chi connectivity index (χ3n) is 2.06. The summed E-state index contributed by atoms with van der Waals surface area (Å²) in [5, 5.41) is 8.67. The molecule has 1 unspecified atom stereocenters. The van der Waals surface area contributed by atoms with Crippen LogP contribution in [-0.4, -0.2) is 53.0 Å². The van der Waals surface area contributed by atoms with Gasteiger partial charge in [0.05, 0.1) is 6.07 Å². The Labute approximate surface area is 95.0 Å². The second kappa shape index (κ2) is 5.58. The zero-order chi connectivity index (χ0) is 8.27. The molecule has 0 saturated carbocycles. The Morgan fingerprint density at radius 3 is 2.67 bits per heavy atom. The van der Waals surface area contributed by atoms with Gasteiger partial charge < -0.3 is 4.90 Å². The summed E-state index contributed by atoms with van der Waals surface area (Å²) in [6, 6.07) is 1.97. The minimum atomic E-state index is -0.166. The van der Waals surface area contributed by atoms with Crippen LogP contribution in [0.1, 0.15) is 26.2 Å². The van der Waals surface area contributed by atoms with E-state index in [1.165, 1.54) is 6.92 Å². The molecule has 0 bridgehead atoms. The zero-order valence-corrected chi connectivity index (χ0v) is 9.71. The van der Waals surface area contributed by atoms with Crippen molar-refractivity contribution >= 4 is 35.5 Å². The molecule has 0 N–H and O–H groups in total. The van der Waals surface area contributed by atoms with E-state index in [0.29, 0.717) is 0 Å². The minimum absolute atomic E-state index is 0. The number of likely N-dealkylation sites (tertiary alicyclic amines) is 1. The van der Waals surface area contributed by atoms with Crippen LogP contribution in [0, 0.1) is 11.3 Å². The minimum Gasteiger partial charge on any atom is -0.327 e. The number of nitriles is 1. The van der Waals surface area contributed by atoms with E-state index in [1.807, 2.05) is 0 Å². The van der Waals surface area contributed by atoms with E-state index in [9.17, 15) is 4.79 Å². The van der Waals surface area contributed by atoms with Crippen molar-refractivity contribution in [3.8, 4) is 6.07 Å². The Bertz CT molecular complexity index is 200. The summed E-state index contributed by atoms with van der Waals surface area (Å²) in [7, 11) is 0. The predicted molar refractivity (Wildman–Crippen MR) is 46.4 cm³/mol. The van der Waals surface area contributed by atoms with E-state index in [2.05, 4.69) is 6.07 Å². The van der Waals surface area contributed by atoms with Crippen LogP contribution in [0.5, 0.6) is 0 Å². The van der Waals surface area contributed by atoms with Crippen LogP contribution >= 0.6 is 0 Å². The van der Waals surface area contributed by atoms with Gasteiger partial charge in [-0.15, -0.1) is 0 Å². The number of piperidine rings is 1. The van der Waals surface area contributed by atoms with Crippen molar-refractivity contribution in [2.45, 2.75) is 32.2 Å². The number of carbonyl (C=O) groups is 1. The van der Waals surface area contributed by atoms with Gasteiger partial charge in [0.25, 0.3) is 0 Å². The molecular weight excluding hydrogens is 163 g/mol. The molecule has 0 aromatic rings. The number of hydrogen-bond donors (Lipinski definition) is 0. The Kier molecular flexibility index (Phi) is 5.56. The molecule has 1 heterocycles. The topological polar surface area (TPSA) is 44.1 Å². The number of carbonyl (C=O) groups excluding carboxylic acids is 1. The molecule has 1 radical (unpaired) electrons. The van der Waals surface area contributed by atoms with Gasteiger partial charge in [0.2, 0.25) is 5.91 Å². The van der Waals surface area contributed by atoms with Crippen LogP contribution in [0.4, 0.5) is 0 Å². The Morgan fingerprint density at radius 2 is 2.25 bits per heavy atom. The molecule has 4 heteroatoms. The second-order valence-corrected chi connectivity index (χ2v) is 2.85. The zero-order valence-electron chi connectivity index (χ0n) is 7.71. The first-order valence-electron chi connectivity index (χ1n) is 3.92. The average Bonchev–Trinajstić information content (AvgIpc) is 2.04. The summed E-state index contributed by atoms with van der Waals surface area (Å²) in [4.78, 5) is 12.6. The summed E-state index contributed by atoms with van der Waals surface area (Å²) in [5.41, 5.74) is 0. The molecule has 1 atom stereocenters. The third-order valence-corrected chi connectivity index (χ3v) is 2.06. The van der Waals surface area contributed by atoms with E-state index < -0.39 is 0 Å². The first kappa shape index (κ1) is 12.0. The quantitative estimate of drug-likeness (QED) is 0.504. The van der Waals surface area contributed by atoms with E-state index in [0.717, 1.165) is 25.8 Å². The molecule has 1 rings (SSSR count). The van der Waals surface area contributed by atoms with Gasteiger partial charge in [0, 0.05) is 43.0 Å². The average molecular weight is 175 g/mol. The normalized spacial score (nSPS) is 22.3. The maximum atomic E-state index is 10.9. The molecule has 0 aromatic carbocycles. The number of amides is 1. The van der Waals surface area contributed by atoms with Crippen molar-refractivity contribution in [3.05, 3.63) is 0 Å². The largest absolute Gasteiger partial charge is 0.327 e. The fourth-order valence-corrected chi connectivity index (χ4v) is 1.44. The van der Waals surface area contributed by atoms with Crippen molar-refractivity contribution < 1.29 is 4.79 Å². The Balaban J connectivity index is 0.00000121. The van der Waals surface area contributed by atoms with E-state index in [-0.39, 0.29) is 41.5 Å².